The summed E-state index contributed by atoms with van der Waals surface area (Å²) in [7, 11) is 0. The summed E-state index contributed by atoms with van der Waals surface area (Å²) in [6.45, 7) is 2.76. The number of nitrogens with one attached hydrogen (secondary N) is 1. The number of imidazole rings is 1. The number of carbonyl (C=O) groups is 1. The van der Waals surface area contributed by atoms with Gasteiger partial charge in [0.05, 0.1) is 12.5 Å². The van der Waals surface area contributed by atoms with Crippen LogP contribution >= 0.6 is 0 Å². The molecule has 0 aliphatic carbocycles. The predicted octanol–water partition coefficient (Wildman–Crippen LogP) is 0.865. The number of hydrogen-bond acceptors (Lipinski definition) is 3. The van der Waals surface area contributed by atoms with Gasteiger partial charge in [-0.3, -0.25) is 4.79 Å². The number of aromatic nitrogens is 2. The van der Waals surface area contributed by atoms with E-state index in [1.165, 1.54) is 0 Å². The molecule has 0 aromatic carbocycles. The molecule has 0 spiro atoms. The molecule has 0 aliphatic rings. The topological polar surface area (TPSA) is 70.7 Å². The van der Waals surface area contributed by atoms with E-state index in [1.807, 2.05) is 10.6 Å². The van der Waals surface area contributed by atoms with Crippen molar-refractivity contribution in [3.05, 3.63) is 18.2 Å². The van der Waals surface area contributed by atoms with E-state index in [9.17, 15) is 4.79 Å². The highest BCUT2D eigenvalue weighted by molar-refractivity contribution is 5.75. The van der Waals surface area contributed by atoms with E-state index in [1.54, 1.807) is 12.4 Å². The van der Waals surface area contributed by atoms with Crippen molar-refractivity contribution < 1.29 is 4.79 Å². The van der Waals surface area contributed by atoms with Crippen LogP contribution in [0.2, 0.25) is 0 Å². The Morgan fingerprint density at radius 2 is 2.50 bits per heavy atom. The molecule has 0 saturated heterocycles. The zero-order valence-corrected chi connectivity index (χ0v) is 9.44. The third-order valence-electron chi connectivity index (χ3n) is 2.15. The SMILES string of the molecule is CCCc1nccn1CC(=O)NCCC#N. The van der Waals surface area contributed by atoms with E-state index in [2.05, 4.69) is 17.2 Å². The fourth-order valence-corrected chi connectivity index (χ4v) is 1.40. The lowest BCUT2D eigenvalue weighted by Gasteiger charge is -2.07. The molecule has 1 rings (SSSR count). The highest BCUT2D eigenvalue weighted by Crippen LogP contribution is 2.00. The summed E-state index contributed by atoms with van der Waals surface area (Å²) in [5.74, 6) is 0.850. The minimum atomic E-state index is -0.0781. The van der Waals surface area contributed by atoms with Gasteiger partial charge in [0.1, 0.15) is 12.4 Å². The third-order valence-corrected chi connectivity index (χ3v) is 2.15. The fourth-order valence-electron chi connectivity index (χ4n) is 1.40. The van der Waals surface area contributed by atoms with Gasteiger partial charge < -0.3 is 9.88 Å². The second-order valence-electron chi connectivity index (χ2n) is 3.48. The van der Waals surface area contributed by atoms with E-state index in [0.717, 1.165) is 18.7 Å². The minimum absolute atomic E-state index is 0.0781. The molecule has 0 radical (unpaired) electrons. The van der Waals surface area contributed by atoms with Crippen molar-refractivity contribution in [2.24, 2.45) is 0 Å². The minimum Gasteiger partial charge on any atom is -0.354 e. The average molecular weight is 220 g/mol. The van der Waals surface area contributed by atoms with Gasteiger partial charge in [0, 0.05) is 25.4 Å². The number of amides is 1. The van der Waals surface area contributed by atoms with Gasteiger partial charge in [-0.2, -0.15) is 5.26 Å². The van der Waals surface area contributed by atoms with Crippen LogP contribution < -0.4 is 5.32 Å². The smallest absolute Gasteiger partial charge is 0.240 e. The van der Waals surface area contributed by atoms with Gasteiger partial charge in [-0.25, -0.2) is 4.98 Å². The fraction of sp³-hybridized carbons (Fsp3) is 0.545. The molecular weight excluding hydrogens is 204 g/mol. The summed E-state index contributed by atoms with van der Waals surface area (Å²) in [5, 5.41) is 11.0. The van der Waals surface area contributed by atoms with Crippen LogP contribution in [-0.2, 0) is 17.8 Å². The number of nitrogens with zero attached hydrogens (tertiary/aromatic N) is 3. The maximum atomic E-state index is 11.5. The van der Waals surface area contributed by atoms with Crippen LogP contribution in [0.3, 0.4) is 0 Å². The molecule has 1 aromatic rings. The third kappa shape index (κ3) is 3.73. The Labute approximate surface area is 95.1 Å². The largest absolute Gasteiger partial charge is 0.354 e. The molecule has 0 aliphatic heterocycles. The highest BCUT2D eigenvalue weighted by atomic mass is 16.1. The van der Waals surface area contributed by atoms with Crippen molar-refractivity contribution >= 4 is 5.91 Å². The quantitative estimate of drug-likeness (QED) is 0.723. The lowest BCUT2D eigenvalue weighted by atomic mass is 10.3. The van der Waals surface area contributed by atoms with E-state index in [4.69, 9.17) is 5.26 Å². The second kappa shape index (κ2) is 6.62. The lowest BCUT2D eigenvalue weighted by Crippen LogP contribution is -2.28. The van der Waals surface area contributed by atoms with E-state index in [-0.39, 0.29) is 12.5 Å². The van der Waals surface area contributed by atoms with Gasteiger partial charge >= 0.3 is 0 Å². The van der Waals surface area contributed by atoms with Gasteiger partial charge in [-0.05, 0) is 6.42 Å². The maximum Gasteiger partial charge on any atom is 0.240 e. The lowest BCUT2D eigenvalue weighted by molar-refractivity contribution is -0.121. The standard InChI is InChI=1S/C11H16N4O/c1-2-4-10-13-7-8-15(10)9-11(16)14-6-3-5-12/h7-8H,2-4,6,9H2,1H3,(H,14,16). The summed E-state index contributed by atoms with van der Waals surface area (Å²) < 4.78 is 1.84. The van der Waals surface area contributed by atoms with Gasteiger partial charge in [0.25, 0.3) is 0 Å². The van der Waals surface area contributed by atoms with E-state index in [0.29, 0.717) is 13.0 Å². The number of carbonyl (C=O) groups excluding carboxylic acids is 1. The molecule has 1 heterocycles. The van der Waals surface area contributed by atoms with Crippen LogP contribution in [0.5, 0.6) is 0 Å². The molecule has 86 valence electrons. The molecule has 5 heteroatoms. The van der Waals surface area contributed by atoms with Crippen LogP contribution in [0.15, 0.2) is 12.4 Å². The van der Waals surface area contributed by atoms with Gasteiger partial charge in [-0.15, -0.1) is 0 Å². The van der Waals surface area contributed by atoms with Crippen LogP contribution in [0.25, 0.3) is 0 Å². The first-order valence-corrected chi connectivity index (χ1v) is 5.41. The van der Waals surface area contributed by atoms with Crippen LogP contribution in [0.4, 0.5) is 0 Å². The molecule has 5 nitrogen and oxygen atoms in total. The van der Waals surface area contributed by atoms with Gasteiger partial charge in [0.15, 0.2) is 0 Å². The van der Waals surface area contributed by atoms with E-state index >= 15 is 0 Å². The number of rotatable bonds is 6. The molecule has 0 saturated carbocycles. The van der Waals surface area contributed by atoms with Crippen molar-refractivity contribution in [1.29, 1.82) is 5.26 Å². The number of hydrogen-bond donors (Lipinski definition) is 1. The Hall–Kier alpha value is -1.83. The summed E-state index contributed by atoms with van der Waals surface area (Å²) in [4.78, 5) is 15.7. The first-order chi connectivity index (χ1) is 7.77. The monoisotopic (exact) mass is 220 g/mol. The second-order valence-corrected chi connectivity index (χ2v) is 3.48. The molecule has 1 amide bonds. The molecule has 16 heavy (non-hydrogen) atoms. The van der Waals surface area contributed by atoms with Crippen LogP contribution in [0, 0.1) is 11.3 Å². The molecule has 0 bridgehead atoms. The summed E-state index contributed by atoms with van der Waals surface area (Å²) in [6.07, 6.45) is 5.73. The first-order valence-electron chi connectivity index (χ1n) is 5.41. The Bertz CT molecular complexity index is 378. The van der Waals surface area contributed by atoms with Crippen molar-refractivity contribution in [1.82, 2.24) is 14.9 Å². The van der Waals surface area contributed by atoms with Gasteiger partial charge in [-0.1, -0.05) is 6.92 Å². The Morgan fingerprint density at radius 3 is 3.19 bits per heavy atom. The van der Waals surface area contributed by atoms with E-state index < -0.39 is 0 Å². The Morgan fingerprint density at radius 1 is 1.69 bits per heavy atom. The zero-order chi connectivity index (χ0) is 11.8. The molecule has 0 unspecified atom stereocenters. The molecular formula is C11H16N4O. The predicted molar refractivity (Wildman–Crippen MR) is 59.5 cm³/mol. The normalized spacial score (nSPS) is 9.75. The van der Waals surface area contributed by atoms with Crippen molar-refractivity contribution in [3.63, 3.8) is 0 Å². The summed E-state index contributed by atoms with van der Waals surface area (Å²) >= 11 is 0. The summed E-state index contributed by atoms with van der Waals surface area (Å²) in [6, 6.07) is 1.98. The number of nitriles is 1. The first kappa shape index (κ1) is 12.2. The molecule has 1 aromatic heterocycles. The van der Waals surface area contributed by atoms with Crippen LogP contribution in [0.1, 0.15) is 25.6 Å². The Kier molecular flexibility index (Phi) is 5.06. The number of aryl methyl sites for hydroxylation is 1. The van der Waals surface area contributed by atoms with Crippen molar-refractivity contribution in [2.75, 3.05) is 6.54 Å². The zero-order valence-electron chi connectivity index (χ0n) is 9.44. The Balaban J connectivity index is 2.43. The maximum absolute atomic E-state index is 11.5. The molecule has 0 fully saturated rings. The molecule has 0 atom stereocenters. The molecule has 1 N–H and O–H groups in total. The highest BCUT2D eigenvalue weighted by Gasteiger charge is 2.06. The van der Waals surface area contributed by atoms with Crippen LogP contribution in [-0.4, -0.2) is 22.0 Å². The van der Waals surface area contributed by atoms with Gasteiger partial charge in [0.2, 0.25) is 5.91 Å². The van der Waals surface area contributed by atoms with Crippen molar-refractivity contribution in [2.45, 2.75) is 32.7 Å². The summed E-state index contributed by atoms with van der Waals surface area (Å²) in [5.41, 5.74) is 0. The van der Waals surface area contributed by atoms with Crippen molar-refractivity contribution in [3.8, 4) is 6.07 Å². The average Bonchev–Trinajstić information content (AvgIpc) is 2.67.